The lowest BCUT2D eigenvalue weighted by Crippen LogP contribution is -2.33. The van der Waals surface area contributed by atoms with E-state index in [2.05, 4.69) is 85.4 Å². The Labute approximate surface area is 169 Å². The second-order valence-electron chi connectivity index (χ2n) is 7.68. The topological polar surface area (TPSA) is 73.9 Å². The number of aromatic nitrogens is 2. The van der Waals surface area contributed by atoms with Gasteiger partial charge >= 0.3 is 0 Å². The van der Waals surface area contributed by atoms with Crippen LogP contribution in [0, 0.1) is 0 Å². The molecule has 0 spiro atoms. The van der Waals surface area contributed by atoms with Gasteiger partial charge in [-0.25, -0.2) is 0 Å². The van der Waals surface area contributed by atoms with Crippen LogP contribution in [0.5, 0.6) is 0 Å². The van der Waals surface area contributed by atoms with Crippen molar-refractivity contribution in [3.63, 3.8) is 0 Å². The summed E-state index contributed by atoms with van der Waals surface area (Å²) in [6.07, 6.45) is 0. The molecular weight excluding hydrogens is 348 g/mol. The third kappa shape index (κ3) is 5.58. The zero-order valence-corrected chi connectivity index (χ0v) is 17.5. The van der Waals surface area contributed by atoms with E-state index in [0.717, 1.165) is 49.0 Å². The molecule has 6 heteroatoms. The summed E-state index contributed by atoms with van der Waals surface area (Å²) in [5.74, 6) is 0. The Balaban J connectivity index is 1.74. The zero-order valence-electron chi connectivity index (χ0n) is 17.5. The van der Waals surface area contributed by atoms with Gasteiger partial charge in [0.15, 0.2) is 0 Å². The number of fused-ring (bicyclic) bond motifs is 4. The zero-order chi connectivity index (χ0) is 19.9. The lowest BCUT2D eigenvalue weighted by molar-refractivity contribution is 0.481. The van der Waals surface area contributed by atoms with Gasteiger partial charge in [0.25, 0.3) is 0 Å². The predicted octanol–water partition coefficient (Wildman–Crippen LogP) is 2.79. The minimum atomic E-state index is 0.215. The van der Waals surface area contributed by atoms with Crippen LogP contribution in [0.1, 0.15) is 74.6 Å². The molecule has 4 unspecified atom stereocenters. The molecule has 4 bridgehead atoms. The highest BCUT2D eigenvalue weighted by Crippen LogP contribution is 2.16. The van der Waals surface area contributed by atoms with E-state index in [0.29, 0.717) is 0 Å². The molecule has 2 aromatic rings. The van der Waals surface area contributed by atoms with Gasteiger partial charge in [-0.05, 0) is 52.0 Å². The van der Waals surface area contributed by atoms with Gasteiger partial charge < -0.3 is 21.3 Å². The number of nitrogens with zero attached hydrogens (tertiary/aromatic N) is 2. The van der Waals surface area contributed by atoms with Crippen LogP contribution in [0.4, 0.5) is 0 Å². The highest BCUT2D eigenvalue weighted by molar-refractivity contribution is 5.17. The van der Waals surface area contributed by atoms with Crippen molar-refractivity contribution in [3.8, 4) is 0 Å². The summed E-state index contributed by atoms with van der Waals surface area (Å²) in [5.41, 5.74) is 4.34. The van der Waals surface area contributed by atoms with Crippen LogP contribution in [-0.2, 0) is 0 Å². The SMILES string of the molecule is CC1NCCNC(C)c2cccc(n2)C(C)NCCNC(C)c2cccc1n2. The standard InChI is InChI=1S/C22H34N6/c1-15-19-7-5-8-20(27-19)16(2)25-13-14-26-18(4)22-10-6-9-21(28-22)17(3)24-12-11-23-15/h5-10,15-18,23-26H,11-14H2,1-4H3. The van der Waals surface area contributed by atoms with Gasteiger partial charge in [0.2, 0.25) is 0 Å². The van der Waals surface area contributed by atoms with E-state index in [1.165, 1.54) is 0 Å². The van der Waals surface area contributed by atoms with Crippen LogP contribution in [0.15, 0.2) is 36.4 Å². The Hall–Kier alpha value is -1.86. The smallest absolute Gasteiger partial charge is 0.0574 e. The number of hydrogen-bond acceptors (Lipinski definition) is 6. The third-order valence-corrected chi connectivity index (χ3v) is 5.41. The first-order valence-electron chi connectivity index (χ1n) is 10.4. The maximum Gasteiger partial charge on any atom is 0.0574 e. The number of hydrogen-bond donors (Lipinski definition) is 4. The second kappa shape index (κ2) is 10.1. The fourth-order valence-corrected chi connectivity index (χ4v) is 3.48. The summed E-state index contributed by atoms with van der Waals surface area (Å²) >= 11 is 0. The van der Waals surface area contributed by atoms with Crippen molar-refractivity contribution in [1.29, 1.82) is 0 Å². The Morgan fingerprint density at radius 2 is 0.786 bits per heavy atom. The van der Waals surface area contributed by atoms with Crippen molar-refractivity contribution < 1.29 is 0 Å². The normalized spacial score (nSPS) is 27.6. The second-order valence-corrected chi connectivity index (χ2v) is 7.68. The van der Waals surface area contributed by atoms with E-state index in [9.17, 15) is 0 Å². The maximum atomic E-state index is 4.87. The van der Waals surface area contributed by atoms with Crippen LogP contribution in [0.2, 0.25) is 0 Å². The minimum absolute atomic E-state index is 0.215. The largest absolute Gasteiger partial charge is 0.308 e. The Bertz CT molecular complexity index is 631. The summed E-state index contributed by atoms with van der Waals surface area (Å²) in [7, 11) is 0. The lowest BCUT2D eigenvalue weighted by Gasteiger charge is -2.21. The summed E-state index contributed by atoms with van der Waals surface area (Å²) < 4.78 is 0. The molecule has 28 heavy (non-hydrogen) atoms. The fraction of sp³-hybridized carbons (Fsp3) is 0.545. The number of nitrogens with one attached hydrogen (secondary N) is 4. The fourth-order valence-electron chi connectivity index (χ4n) is 3.48. The molecule has 1 aliphatic heterocycles. The molecule has 152 valence electrons. The van der Waals surface area contributed by atoms with Gasteiger partial charge in [0.1, 0.15) is 0 Å². The van der Waals surface area contributed by atoms with Gasteiger partial charge in [-0.2, -0.15) is 0 Å². The molecule has 0 saturated carbocycles. The molecule has 6 nitrogen and oxygen atoms in total. The Kier molecular flexibility index (Phi) is 7.50. The average molecular weight is 383 g/mol. The molecule has 1 aliphatic rings. The minimum Gasteiger partial charge on any atom is -0.308 e. The van der Waals surface area contributed by atoms with Gasteiger partial charge in [-0.15, -0.1) is 0 Å². The van der Waals surface area contributed by atoms with Gasteiger partial charge in [0.05, 0.1) is 22.8 Å². The molecule has 4 N–H and O–H groups in total. The van der Waals surface area contributed by atoms with E-state index < -0.39 is 0 Å². The highest BCUT2D eigenvalue weighted by atomic mass is 15.0. The first-order valence-corrected chi connectivity index (χ1v) is 10.4. The molecule has 0 radical (unpaired) electrons. The number of pyridine rings is 2. The van der Waals surface area contributed by atoms with E-state index in [-0.39, 0.29) is 24.2 Å². The first kappa shape index (κ1) is 20.9. The molecule has 0 amide bonds. The lowest BCUT2D eigenvalue weighted by atomic mass is 10.1. The third-order valence-electron chi connectivity index (χ3n) is 5.41. The van der Waals surface area contributed by atoms with Crippen LogP contribution in [0.25, 0.3) is 0 Å². The molecule has 0 aliphatic carbocycles. The predicted molar refractivity (Wildman–Crippen MR) is 114 cm³/mol. The van der Waals surface area contributed by atoms with E-state index in [1.54, 1.807) is 0 Å². The van der Waals surface area contributed by atoms with Crippen molar-refractivity contribution in [2.75, 3.05) is 26.2 Å². The summed E-state index contributed by atoms with van der Waals surface area (Å²) in [6, 6.07) is 13.5. The number of rotatable bonds is 0. The highest BCUT2D eigenvalue weighted by Gasteiger charge is 2.14. The van der Waals surface area contributed by atoms with Crippen LogP contribution >= 0.6 is 0 Å². The average Bonchev–Trinajstić information content (AvgIpc) is 2.73. The molecule has 3 heterocycles. The molecule has 2 aromatic heterocycles. The van der Waals surface area contributed by atoms with Crippen LogP contribution in [-0.4, -0.2) is 36.1 Å². The maximum absolute atomic E-state index is 4.87. The Morgan fingerprint density at radius 1 is 0.536 bits per heavy atom. The van der Waals surface area contributed by atoms with Gasteiger partial charge in [-0.3, -0.25) is 9.97 Å². The van der Waals surface area contributed by atoms with Crippen molar-refractivity contribution in [1.82, 2.24) is 31.2 Å². The summed E-state index contributed by atoms with van der Waals surface area (Å²) in [4.78, 5) is 9.74. The van der Waals surface area contributed by atoms with Crippen molar-refractivity contribution >= 4 is 0 Å². The van der Waals surface area contributed by atoms with Crippen LogP contribution in [0.3, 0.4) is 0 Å². The van der Waals surface area contributed by atoms with Crippen LogP contribution < -0.4 is 21.3 Å². The summed E-state index contributed by atoms with van der Waals surface area (Å²) in [6.45, 7) is 12.2. The first-order chi connectivity index (χ1) is 13.5. The van der Waals surface area contributed by atoms with Crippen molar-refractivity contribution in [3.05, 3.63) is 59.2 Å². The molecular formula is C22H34N6. The van der Waals surface area contributed by atoms with Gasteiger partial charge in [-0.1, -0.05) is 12.1 Å². The Morgan fingerprint density at radius 3 is 1.04 bits per heavy atom. The van der Waals surface area contributed by atoms with Crippen molar-refractivity contribution in [2.24, 2.45) is 0 Å². The van der Waals surface area contributed by atoms with E-state index in [1.807, 2.05) is 0 Å². The van der Waals surface area contributed by atoms with E-state index in [4.69, 9.17) is 9.97 Å². The molecule has 0 fully saturated rings. The summed E-state index contributed by atoms with van der Waals surface area (Å²) in [5, 5.41) is 14.3. The quantitative estimate of drug-likeness (QED) is 0.562. The molecule has 3 rings (SSSR count). The monoisotopic (exact) mass is 382 g/mol. The van der Waals surface area contributed by atoms with E-state index >= 15 is 0 Å². The van der Waals surface area contributed by atoms with Crippen molar-refractivity contribution in [2.45, 2.75) is 51.9 Å². The van der Waals surface area contributed by atoms with Gasteiger partial charge in [0, 0.05) is 50.3 Å². The molecule has 0 aromatic carbocycles. The molecule has 0 saturated heterocycles. The molecule has 4 atom stereocenters.